The second-order valence-corrected chi connectivity index (χ2v) is 14.5. The van der Waals surface area contributed by atoms with E-state index in [1.165, 1.54) is 22.5 Å². The van der Waals surface area contributed by atoms with Gasteiger partial charge in [0.2, 0.25) is 10.0 Å². The molecule has 1 aromatic carbocycles. The predicted molar refractivity (Wildman–Crippen MR) is 160 cm³/mol. The Kier molecular flexibility index (Phi) is 9.52. The Morgan fingerprint density at radius 2 is 1.70 bits per heavy atom. The van der Waals surface area contributed by atoms with E-state index in [0.29, 0.717) is 30.6 Å². The number of carbonyl (C=O) groups excluding carboxylic acids is 1. The van der Waals surface area contributed by atoms with Crippen molar-refractivity contribution in [3.63, 3.8) is 0 Å². The molecule has 0 radical (unpaired) electrons. The average Bonchev–Trinajstić information content (AvgIpc) is 3.17. The highest BCUT2D eigenvalue weighted by Gasteiger charge is 2.32. The second-order valence-electron chi connectivity index (χ2n) is 12.4. The molecular formula is C30H46N6O3S. The first-order valence-electron chi connectivity index (χ1n) is 14.5. The number of hydrogen-bond donors (Lipinski definition) is 1. The molecule has 3 heterocycles. The SMILES string of the molecule is Cc1c(NCc2ccc(C(C)(C)C)cc2)ncnc1C(=O)N1CCCC(N2CCC(N(C)S(C)(=O)=O)CC2)CC1. The van der Waals surface area contributed by atoms with E-state index in [4.69, 9.17) is 0 Å². The lowest BCUT2D eigenvalue weighted by atomic mass is 9.87. The Balaban J connectivity index is 1.33. The summed E-state index contributed by atoms with van der Waals surface area (Å²) in [7, 11) is -1.48. The van der Waals surface area contributed by atoms with Crippen LogP contribution in [0.1, 0.15) is 80.1 Å². The fourth-order valence-corrected chi connectivity index (χ4v) is 6.59. The van der Waals surface area contributed by atoms with Crippen LogP contribution in [0.3, 0.4) is 0 Å². The number of benzene rings is 1. The van der Waals surface area contributed by atoms with Crippen LogP contribution in [0.2, 0.25) is 0 Å². The van der Waals surface area contributed by atoms with Gasteiger partial charge in [0, 0.05) is 44.3 Å². The molecule has 2 aliphatic heterocycles. The van der Waals surface area contributed by atoms with Crippen molar-refractivity contribution < 1.29 is 13.2 Å². The molecule has 1 atom stereocenters. The molecule has 2 aliphatic rings. The Hall–Kier alpha value is -2.56. The molecule has 0 spiro atoms. The molecule has 0 bridgehead atoms. The van der Waals surface area contributed by atoms with Crippen LogP contribution in [0.25, 0.3) is 0 Å². The van der Waals surface area contributed by atoms with Gasteiger partial charge < -0.3 is 15.1 Å². The smallest absolute Gasteiger partial charge is 0.272 e. The maximum atomic E-state index is 13.6. The van der Waals surface area contributed by atoms with Gasteiger partial charge in [-0.1, -0.05) is 45.0 Å². The summed E-state index contributed by atoms with van der Waals surface area (Å²) in [5, 5.41) is 3.40. The number of likely N-dealkylation sites (tertiary alicyclic amines) is 2. The van der Waals surface area contributed by atoms with Crippen LogP contribution in [0.15, 0.2) is 30.6 Å². The highest BCUT2D eigenvalue weighted by molar-refractivity contribution is 7.88. The second kappa shape index (κ2) is 12.5. The Morgan fingerprint density at radius 3 is 2.33 bits per heavy atom. The predicted octanol–water partition coefficient (Wildman–Crippen LogP) is 4.05. The van der Waals surface area contributed by atoms with Gasteiger partial charge in [0.15, 0.2) is 0 Å². The molecule has 0 saturated carbocycles. The van der Waals surface area contributed by atoms with E-state index in [1.54, 1.807) is 7.05 Å². The van der Waals surface area contributed by atoms with Crippen molar-refractivity contribution in [1.29, 1.82) is 0 Å². The normalized spacial score (nSPS) is 20.0. The minimum absolute atomic E-state index is 0.0355. The van der Waals surface area contributed by atoms with E-state index in [0.717, 1.165) is 62.9 Å². The van der Waals surface area contributed by atoms with Crippen LogP contribution in [0.5, 0.6) is 0 Å². The minimum atomic E-state index is -3.17. The topological polar surface area (TPSA) is 98.7 Å². The molecule has 4 rings (SSSR count). The number of nitrogens with zero attached hydrogens (tertiary/aromatic N) is 5. The number of aromatic nitrogens is 2. The molecule has 220 valence electrons. The number of nitrogens with one attached hydrogen (secondary N) is 1. The summed E-state index contributed by atoms with van der Waals surface area (Å²) in [6.45, 7) is 12.4. The largest absolute Gasteiger partial charge is 0.366 e. The van der Waals surface area contributed by atoms with Crippen LogP contribution >= 0.6 is 0 Å². The lowest BCUT2D eigenvalue weighted by Gasteiger charge is -2.39. The zero-order valence-corrected chi connectivity index (χ0v) is 25.8. The molecule has 1 unspecified atom stereocenters. The van der Waals surface area contributed by atoms with Crippen molar-refractivity contribution in [2.75, 3.05) is 44.8 Å². The van der Waals surface area contributed by atoms with Gasteiger partial charge in [-0.05, 0) is 68.7 Å². The van der Waals surface area contributed by atoms with E-state index in [1.807, 2.05) is 11.8 Å². The van der Waals surface area contributed by atoms with Crippen molar-refractivity contribution in [3.8, 4) is 0 Å². The highest BCUT2D eigenvalue weighted by atomic mass is 32.2. The van der Waals surface area contributed by atoms with Crippen LogP contribution in [-0.4, -0.2) is 90.0 Å². The summed E-state index contributed by atoms with van der Waals surface area (Å²) in [4.78, 5) is 26.8. The zero-order chi connectivity index (χ0) is 29.1. The summed E-state index contributed by atoms with van der Waals surface area (Å²) in [5.41, 5.74) is 3.81. The van der Waals surface area contributed by atoms with Crippen LogP contribution in [-0.2, 0) is 22.0 Å². The van der Waals surface area contributed by atoms with Crippen LogP contribution in [0, 0.1) is 6.92 Å². The Morgan fingerprint density at radius 1 is 1.02 bits per heavy atom. The van der Waals surface area contributed by atoms with E-state index in [2.05, 4.69) is 65.2 Å². The van der Waals surface area contributed by atoms with Gasteiger partial charge in [0.25, 0.3) is 5.91 Å². The Labute approximate surface area is 240 Å². The fraction of sp³-hybridized carbons (Fsp3) is 0.633. The van der Waals surface area contributed by atoms with Crippen molar-refractivity contribution in [3.05, 3.63) is 53.0 Å². The summed E-state index contributed by atoms with van der Waals surface area (Å²) >= 11 is 0. The summed E-state index contributed by atoms with van der Waals surface area (Å²) < 4.78 is 25.4. The summed E-state index contributed by atoms with van der Waals surface area (Å²) in [6.07, 6.45) is 7.35. The molecule has 9 nitrogen and oxygen atoms in total. The zero-order valence-electron chi connectivity index (χ0n) is 25.0. The first-order valence-corrected chi connectivity index (χ1v) is 16.3. The fourth-order valence-electron chi connectivity index (χ4n) is 5.83. The van der Waals surface area contributed by atoms with Gasteiger partial charge in [-0.2, -0.15) is 0 Å². The number of hydrogen-bond acceptors (Lipinski definition) is 7. The number of amides is 1. The first kappa shape index (κ1) is 30.4. The standard InChI is InChI=1S/C30H46N6O3S/c1-22-27(32-21-33-28(22)31-20-23-9-11-24(12-10-23)30(2,3)4)29(37)36-16-7-8-26(15-19-36)35-17-13-25(14-18-35)34(5)40(6,38)39/h9-12,21,25-26H,7-8,13-20H2,1-6H3,(H,31,32,33). The molecule has 1 amide bonds. The van der Waals surface area contributed by atoms with Gasteiger partial charge in [0.1, 0.15) is 17.8 Å². The molecule has 40 heavy (non-hydrogen) atoms. The third-order valence-electron chi connectivity index (χ3n) is 8.60. The Bertz CT molecular complexity index is 1270. The number of piperidine rings is 1. The lowest BCUT2D eigenvalue weighted by molar-refractivity contribution is 0.0744. The molecular weight excluding hydrogens is 524 g/mol. The van der Waals surface area contributed by atoms with Crippen LogP contribution in [0.4, 0.5) is 5.82 Å². The molecule has 10 heteroatoms. The number of sulfonamides is 1. The van der Waals surface area contributed by atoms with Crippen LogP contribution < -0.4 is 5.32 Å². The quantitative estimate of drug-likeness (QED) is 0.536. The first-order chi connectivity index (χ1) is 18.8. The van der Waals surface area contributed by atoms with Gasteiger partial charge >= 0.3 is 0 Å². The summed E-state index contributed by atoms with van der Waals surface area (Å²) in [5.74, 6) is 0.652. The number of rotatable bonds is 7. The minimum Gasteiger partial charge on any atom is -0.366 e. The van der Waals surface area contributed by atoms with Crippen molar-refractivity contribution in [2.45, 2.75) is 83.8 Å². The molecule has 0 aliphatic carbocycles. The van der Waals surface area contributed by atoms with E-state index >= 15 is 0 Å². The number of anilines is 1. The number of carbonyl (C=O) groups is 1. The van der Waals surface area contributed by atoms with Gasteiger partial charge in [-0.3, -0.25) is 4.79 Å². The monoisotopic (exact) mass is 570 g/mol. The van der Waals surface area contributed by atoms with Gasteiger partial charge in [-0.25, -0.2) is 22.7 Å². The van der Waals surface area contributed by atoms with Crippen molar-refractivity contribution >= 4 is 21.7 Å². The molecule has 2 saturated heterocycles. The third-order valence-corrected chi connectivity index (χ3v) is 9.95. The van der Waals surface area contributed by atoms with E-state index in [-0.39, 0.29) is 17.4 Å². The third kappa shape index (κ3) is 7.39. The summed E-state index contributed by atoms with van der Waals surface area (Å²) in [6, 6.07) is 9.09. The maximum Gasteiger partial charge on any atom is 0.272 e. The highest BCUT2D eigenvalue weighted by Crippen LogP contribution is 2.26. The van der Waals surface area contributed by atoms with Crippen molar-refractivity contribution in [2.24, 2.45) is 0 Å². The molecule has 1 aromatic heterocycles. The van der Waals surface area contributed by atoms with Gasteiger partial charge in [0.05, 0.1) is 6.26 Å². The van der Waals surface area contributed by atoms with E-state index in [9.17, 15) is 13.2 Å². The average molecular weight is 571 g/mol. The van der Waals surface area contributed by atoms with Crippen molar-refractivity contribution in [1.82, 2.24) is 24.1 Å². The maximum absolute atomic E-state index is 13.6. The molecule has 2 fully saturated rings. The lowest BCUT2D eigenvalue weighted by Crippen LogP contribution is -2.48. The molecule has 2 aromatic rings. The van der Waals surface area contributed by atoms with E-state index < -0.39 is 10.0 Å². The molecule has 1 N–H and O–H groups in total. The van der Waals surface area contributed by atoms with Gasteiger partial charge in [-0.15, -0.1) is 0 Å².